The van der Waals surface area contributed by atoms with E-state index in [0.29, 0.717) is 0 Å². The van der Waals surface area contributed by atoms with Gasteiger partial charge in [0.05, 0.1) is 33.5 Å². The highest BCUT2D eigenvalue weighted by Gasteiger charge is 2.16. The number of aromatic amines is 2. The second-order valence-corrected chi connectivity index (χ2v) is 8.44. The maximum Gasteiger partial charge on any atom is 0.0979 e. The number of para-hydroxylation sites is 2. The van der Waals surface area contributed by atoms with Crippen molar-refractivity contribution in [2.45, 2.75) is 0 Å². The first-order chi connectivity index (χ1) is 15.8. The lowest BCUT2D eigenvalue weighted by molar-refractivity contribution is 1.17. The van der Waals surface area contributed by atoms with E-state index in [4.69, 9.17) is 9.97 Å². The van der Waals surface area contributed by atoms with Crippen LogP contribution in [0.2, 0.25) is 0 Å². The smallest absolute Gasteiger partial charge is 0.0979 e. The van der Waals surface area contributed by atoms with E-state index in [1.54, 1.807) is 0 Å². The van der Waals surface area contributed by atoms with E-state index >= 15 is 0 Å². The molecule has 148 valence electrons. The predicted molar refractivity (Wildman–Crippen MR) is 133 cm³/mol. The summed E-state index contributed by atoms with van der Waals surface area (Å²) >= 11 is 0. The fourth-order valence-corrected chi connectivity index (χ4v) is 5.23. The largest absolute Gasteiger partial charge is 0.353 e. The SMILES string of the molecule is C1=Cc2[nH]c(c3cccc4c5ccc6c7cccc(c8[nH]c2C=CC=8)c7nc6c5nc34)=C1. The molecule has 5 heterocycles. The summed E-state index contributed by atoms with van der Waals surface area (Å²) in [6, 6.07) is 17.2. The number of H-pyrrole nitrogens is 2. The van der Waals surface area contributed by atoms with Crippen LogP contribution in [0.5, 0.6) is 0 Å². The lowest BCUT2D eigenvalue weighted by atomic mass is 10.1. The van der Waals surface area contributed by atoms with Gasteiger partial charge in [-0.2, -0.15) is 0 Å². The Morgan fingerprint density at radius 3 is 1.41 bits per heavy atom. The van der Waals surface area contributed by atoms with E-state index in [-0.39, 0.29) is 0 Å². The van der Waals surface area contributed by atoms with E-state index in [0.717, 1.165) is 76.5 Å². The molecule has 0 amide bonds. The van der Waals surface area contributed by atoms with Crippen LogP contribution in [0.1, 0.15) is 11.4 Å². The van der Waals surface area contributed by atoms with Crippen molar-refractivity contribution < 1.29 is 0 Å². The molecular weight excluding hydrogens is 392 g/mol. The Kier molecular flexibility index (Phi) is 2.86. The first kappa shape index (κ1) is 16.3. The van der Waals surface area contributed by atoms with Crippen LogP contribution in [-0.4, -0.2) is 19.9 Å². The Labute approximate surface area is 181 Å². The lowest BCUT2D eigenvalue weighted by Gasteiger charge is -2.06. The summed E-state index contributed by atoms with van der Waals surface area (Å²) in [4.78, 5) is 17.6. The van der Waals surface area contributed by atoms with E-state index in [2.05, 4.69) is 95.0 Å². The monoisotopic (exact) mass is 408 g/mol. The highest BCUT2D eigenvalue weighted by atomic mass is 14.8. The highest BCUT2D eigenvalue weighted by molar-refractivity contribution is 6.24. The van der Waals surface area contributed by atoms with Crippen LogP contribution >= 0.6 is 0 Å². The average Bonchev–Trinajstić information content (AvgIpc) is 3.42. The van der Waals surface area contributed by atoms with Crippen LogP contribution in [0, 0.1) is 0 Å². The number of benzene rings is 3. The molecule has 4 nitrogen and oxygen atoms in total. The molecule has 4 heteroatoms. The summed E-state index contributed by atoms with van der Waals surface area (Å²) in [5.74, 6) is 0. The third-order valence-corrected chi connectivity index (χ3v) is 6.71. The summed E-state index contributed by atoms with van der Waals surface area (Å²) in [5, 5.41) is 8.90. The van der Waals surface area contributed by atoms with Crippen LogP contribution in [0.25, 0.3) is 78.7 Å². The molecule has 3 aromatic carbocycles. The van der Waals surface area contributed by atoms with Gasteiger partial charge in [0.2, 0.25) is 0 Å². The molecule has 2 aliphatic rings. The second-order valence-electron chi connectivity index (χ2n) is 8.44. The normalized spacial score (nSPS) is 13.9. The maximum atomic E-state index is 5.16. The van der Waals surface area contributed by atoms with Gasteiger partial charge in [-0.1, -0.05) is 60.7 Å². The van der Waals surface area contributed by atoms with E-state index < -0.39 is 0 Å². The molecule has 2 aliphatic heterocycles. The minimum absolute atomic E-state index is 0.970. The fraction of sp³-hybridized carbons (Fsp3) is 0. The number of nitrogens with one attached hydrogen (secondary N) is 2. The van der Waals surface area contributed by atoms with Gasteiger partial charge in [0.1, 0.15) is 0 Å². The lowest BCUT2D eigenvalue weighted by Crippen LogP contribution is -2.13. The van der Waals surface area contributed by atoms with Gasteiger partial charge in [-0.05, 0) is 24.3 Å². The summed E-state index contributed by atoms with van der Waals surface area (Å²) in [5.41, 5.74) is 6.01. The Morgan fingerprint density at radius 2 is 0.906 bits per heavy atom. The fourth-order valence-electron chi connectivity index (χ4n) is 5.23. The standard InChI is InChI=1S/C28H16N4/c1-5-15-17-13-14-18-16-6-2-8-20-22-10-4-12-24(30-22)23-11-3-9-21(29-23)19(7-1)25(15)31-27(17)28(18)32-26(16)20/h1-14,29-30H. The molecule has 2 N–H and O–H groups in total. The molecule has 0 saturated heterocycles. The molecular formula is C28H16N4. The van der Waals surface area contributed by atoms with Crippen molar-refractivity contribution in [2.24, 2.45) is 0 Å². The number of rotatable bonds is 0. The van der Waals surface area contributed by atoms with E-state index in [9.17, 15) is 0 Å². The molecule has 0 aliphatic carbocycles. The van der Waals surface area contributed by atoms with Crippen molar-refractivity contribution in [3.05, 3.63) is 82.8 Å². The molecule has 6 aromatic rings. The van der Waals surface area contributed by atoms with Gasteiger partial charge in [-0.15, -0.1) is 0 Å². The molecule has 8 rings (SSSR count). The van der Waals surface area contributed by atoms with Crippen molar-refractivity contribution in [3.63, 3.8) is 0 Å². The van der Waals surface area contributed by atoms with Crippen LogP contribution < -0.4 is 10.7 Å². The van der Waals surface area contributed by atoms with Gasteiger partial charge in [0, 0.05) is 43.0 Å². The van der Waals surface area contributed by atoms with Crippen molar-refractivity contribution in [1.29, 1.82) is 0 Å². The van der Waals surface area contributed by atoms with Gasteiger partial charge in [-0.3, -0.25) is 0 Å². The van der Waals surface area contributed by atoms with E-state index in [1.807, 2.05) is 0 Å². The molecule has 0 unspecified atom stereocenters. The zero-order chi connectivity index (χ0) is 20.8. The van der Waals surface area contributed by atoms with Crippen molar-refractivity contribution in [1.82, 2.24) is 19.9 Å². The zero-order valence-corrected chi connectivity index (χ0v) is 17.0. The van der Waals surface area contributed by atoms with Crippen LogP contribution in [-0.2, 0) is 0 Å². The third kappa shape index (κ3) is 1.97. The topological polar surface area (TPSA) is 57.4 Å². The predicted octanol–water partition coefficient (Wildman–Crippen LogP) is 5.08. The number of allylic oxidation sites excluding steroid dienone is 2. The molecule has 3 aromatic heterocycles. The average molecular weight is 408 g/mol. The molecule has 0 atom stereocenters. The maximum absolute atomic E-state index is 5.16. The molecule has 0 fully saturated rings. The molecule has 0 radical (unpaired) electrons. The number of nitrogens with zero attached hydrogens (tertiary/aromatic N) is 2. The Hall–Kier alpha value is -4.44. The van der Waals surface area contributed by atoms with E-state index in [1.165, 1.54) is 0 Å². The first-order valence-corrected chi connectivity index (χ1v) is 10.8. The van der Waals surface area contributed by atoms with Crippen molar-refractivity contribution in [2.75, 3.05) is 0 Å². The number of hydrogen-bond acceptors (Lipinski definition) is 2. The second kappa shape index (κ2) is 5.62. The molecule has 0 saturated carbocycles. The van der Waals surface area contributed by atoms with Gasteiger partial charge in [0.25, 0.3) is 0 Å². The number of aromatic nitrogens is 4. The molecule has 8 bridgehead atoms. The van der Waals surface area contributed by atoms with Crippen molar-refractivity contribution in [3.8, 4) is 0 Å². The van der Waals surface area contributed by atoms with Gasteiger partial charge in [-0.25, -0.2) is 9.97 Å². The van der Waals surface area contributed by atoms with Gasteiger partial charge in [0.15, 0.2) is 0 Å². The summed E-state index contributed by atoms with van der Waals surface area (Å²) in [7, 11) is 0. The highest BCUT2D eigenvalue weighted by Crippen LogP contribution is 2.36. The minimum atomic E-state index is 0.970. The van der Waals surface area contributed by atoms with Crippen molar-refractivity contribution >= 4 is 78.7 Å². The van der Waals surface area contributed by atoms with Crippen LogP contribution in [0.4, 0.5) is 0 Å². The molecule has 32 heavy (non-hydrogen) atoms. The Balaban J connectivity index is 1.79. The first-order valence-electron chi connectivity index (χ1n) is 10.8. The molecule has 0 spiro atoms. The van der Waals surface area contributed by atoms with Gasteiger partial charge < -0.3 is 9.97 Å². The summed E-state index contributed by atoms with van der Waals surface area (Å²) in [6.45, 7) is 0. The third-order valence-electron chi connectivity index (χ3n) is 6.71. The quantitative estimate of drug-likeness (QED) is 0.368. The van der Waals surface area contributed by atoms with Crippen LogP contribution in [0.3, 0.4) is 0 Å². The minimum Gasteiger partial charge on any atom is -0.353 e. The zero-order valence-electron chi connectivity index (χ0n) is 17.0. The van der Waals surface area contributed by atoms with Gasteiger partial charge >= 0.3 is 0 Å². The Morgan fingerprint density at radius 1 is 0.469 bits per heavy atom. The number of fused-ring (bicyclic) bond motifs is 9. The summed E-state index contributed by atoms with van der Waals surface area (Å²) < 4.78 is 0. The summed E-state index contributed by atoms with van der Waals surface area (Å²) in [6.07, 6.45) is 12.6. The Bertz CT molecular complexity index is 1880. The van der Waals surface area contributed by atoms with Crippen LogP contribution in [0.15, 0.2) is 60.7 Å². The number of hydrogen-bond donors (Lipinski definition) is 2.